The van der Waals surface area contributed by atoms with Crippen molar-refractivity contribution in [1.29, 1.82) is 0 Å². The third kappa shape index (κ3) is 16.1. The standard InChI is InChI=1S/C56H82N8O14S/c1-13-32(6)48(42(74-11)27-44(66)64-23-17-20-40(64)50(75-12)33(7)52(68)59-34(8)49(67)35-18-15-14-16-19-35)62(9)54(70)46(30(2)3)60-53(69)47(31(4)5)63(10)56(73)76-29-36-21-22-41(39-26-38(28-58-61-57)79-51(36)39)77-45-25-37(65)24-43(78-45)55(71)72/h14-16,18-19,21-22,26,30-34,37,40,42-43,45-50,65,67H,13,17,20,23-25,27-29H2,1-12H3,(H,59,68)(H,60,69)(H,71,72)/t32-,33+,34+,37-,40-,42+,43-,45+,46-,47-,48-,49+,50+/m0/s1. The Hall–Kier alpha value is -6.07. The predicted octanol–water partition coefficient (Wildman–Crippen LogP) is 6.93. The van der Waals surface area contributed by atoms with Gasteiger partial charge in [-0.2, -0.15) is 0 Å². The smallest absolute Gasteiger partial charge is 0.410 e. The van der Waals surface area contributed by atoms with E-state index in [-0.39, 0.29) is 50.1 Å². The third-order valence-corrected chi connectivity index (χ3v) is 16.5. The van der Waals surface area contributed by atoms with Crippen molar-refractivity contribution in [3.63, 3.8) is 0 Å². The number of nitrogens with zero attached hydrogens (tertiary/aromatic N) is 6. The number of benzene rings is 2. The van der Waals surface area contributed by atoms with E-state index >= 15 is 0 Å². The van der Waals surface area contributed by atoms with Gasteiger partial charge in [-0.1, -0.05) is 96.4 Å². The van der Waals surface area contributed by atoms with E-state index in [2.05, 4.69) is 20.7 Å². The number of likely N-dealkylation sites (tertiary alicyclic amines) is 1. The van der Waals surface area contributed by atoms with Gasteiger partial charge in [0.25, 0.3) is 0 Å². The molecule has 2 aliphatic heterocycles. The van der Waals surface area contributed by atoms with E-state index in [4.69, 9.17) is 29.2 Å². The first-order chi connectivity index (χ1) is 37.5. The largest absolute Gasteiger partial charge is 0.479 e. The van der Waals surface area contributed by atoms with E-state index in [1.54, 1.807) is 88.7 Å². The summed E-state index contributed by atoms with van der Waals surface area (Å²) in [5.74, 6) is -4.17. The van der Waals surface area contributed by atoms with Crippen LogP contribution in [0.25, 0.3) is 20.5 Å². The maximum Gasteiger partial charge on any atom is 0.410 e. The molecule has 13 atom stereocenters. The number of aliphatic carboxylic acids is 1. The van der Waals surface area contributed by atoms with Gasteiger partial charge in [-0.05, 0) is 60.7 Å². The summed E-state index contributed by atoms with van der Waals surface area (Å²) in [6.45, 7) is 14.8. The van der Waals surface area contributed by atoms with E-state index in [0.717, 1.165) is 0 Å². The quantitative estimate of drug-likeness (QED) is 0.0294. The van der Waals surface area contributed by atoms with Crippen molar-refractivity contribution < 1.29 is 67.8 Å². The highest BCUT2D eigenvalue weighted by Gasteiger charge is 2.44. The number of ether oxygens (including phenoxy) is 5. The molecule has 5 N–H and O–H groups in total. The molecule has 2 aromatic carbocycles. The van der Waals surface area contributed by atoms with Crippen LogP contribution in [0.4, 0.5) is 4.79 Å². The summed E-state index contributed by atoms with van der Waals surface area (Å²) in [5.41, 5.74) is 10.2. The van der Waals surface area contributed by atoms with Crippen LogP contribution in [-0.2, 0) is 56.1 Å². The Balaban J connectivity index is 1.27. The summed E-state index contributed by atoms with van der Waals surface area (Å²) in [6, 6.07) is 10.3. The van der Waals surface area contributed by atoms with Gasteiger partial charge >= 0.3 is 12.1 Å². The highest BCUT2D eigenvalue weighted by Crippen LogP contribution is 2.38. The number of amides is 5. The number of methoxy groups -OCH3 is 2. The summed E-state index contributed by atoms with van der Waals surface area (Å²) in [6.07, 6.45) is -4.71. The van der Waals surface area contributed by atoms with Crippen LogP contribution in [0.1, 0.15) is 116 Å². The summed E-state index contributed by atoms with van der Waals surface area (Å²) >= 11 is 1.27. The molecule has 0 aliphatic carbocycles. The van der Waals surface area contributed by atoms with Crippen LogP contribution in [0, 0.1) is 23.7 Å². The van der Waals surface area contributed by atoms with Crippen LogP contribution >= 0.6 is 11.3 Å². The normalized spacial score (nSPS) is 20.9. The van der Waals surface area contributed by atoms with Crippen molar-refractivity contribution in [3.8, 4) is 5.75 Å². The van der Waals surface area contributed by atoms with Gasteiger partial charge in [0.05, 0.1) is 61.4 Å². The third-order valence-electron chi connectivity index (χ3n) is 15.3. The monoisotopic (exact) mass is 1120 g/mol. The number of aliphatic hydroxyl groups excluding tert-OH is 2. The number of nitrogens with one attached hydrogen (secondary N) is 2. The lowest BCUT2D eigenvalue weighted by atomic mass is 9.89. The fraction of sp³-hybridized carbons (Fsp3) is 0.643. The first-order valence-corrected chi connectivity index (χ1v) is 27.9. The molecule has 3 heterocycles. The molecule has 22 nitrogen and oxygen atoms in total. The minimum Gasteiger partial charge on any atom is -0.479 e. The van der Waals surface area contributed by atoms with Crippen molar-refractivity contribution in [3.05, 3.63) is 75.0 Å². The molecule has 1 aromatic heterocycles. The number of hydrogen-bond donors (Lipinski definition) is 5. The topological polar surface area (TPSA) is 292 Å². The summed E-state index contributed by atoms with van der Waals surface area (Å²) in [7, 11) is 6.10. The molecular formula is C56H82N8O14S. The first-order valence-electron chi connectivity index (χ1n) is 27.1. The molecule has 79 heavy (non-hydrogen) atoms. The number of carbonyl (C=O) groups is 6. The number of carbonyl (C=O) groups excluding carboxylic acids is 5. The zero-order valence-corrected chi connectivity index (χ0v) is 48.4. The molecule has 0 bridgehead atoms. The number of aliphatic hydroxyl groups is 2. The summed E-state index contributed by atoms with van der Waals surface area (Å²) in [4.78, 5) is 90.9. The van der Waals surface area contributed by atoms with Crippen LogP contribution in [0.5, 0.6) is 5.75 Å². The average Bonchev–Trinajstić information content (AvgIpc) is 4.19. The molecule has 2 fully saturated rings. The fourth-order valence-corrected chi connectivity index (χ4v) is 11.9. The lowest BCUT2D eigenvalue weighted by Gasteiger charge is -2.41. The van der Waals surface area contributed by atoms with Gasteiger partial charge in [0.2, 0.25) is 29.9 Å². The van der Waals surface area contributed by atoms with Gasteiger partial charge in [-0.3, -0.25) is 24.1 Å². The number of carboxylic acids is 1. The minimum absolute atomic E-state index is 0.0190. The molecular weight excluding hydrogens is 1040 g/mol. The van der Waals surface area contributed by atoms with Crippen LogP contribution in [0.2, 0.25) is 0 Å². The molecule has 0 radical (unpaired) electrons. The number of thiophene rings is 1. The fourth-order valence-electron chi connectivity index (χ4n) is 10.8. The highest BCUT2D eigenvalue weighted by atomic mass is 32.1. The second-order valence-electron chi connectivity index (χ2n) is 21.5. The van der Waals surface area contributed by atoms with Gasteiger partial charge in [-0.25, -0.2) is 9.59 Å². The van der Waals surface area contributed by atoms with Gasteiger partial charge in [0.15, 0.2) is 6.10 Å². The van der Waals surface area contributed by atoms with E-state index in [9.17, 15) is 44.1 Å². The Morgan fingerprint density at radius 3 is 2.24 bits per heavy atom. The number of carboxylic acid groups (broad SMARTS) is 1. The van der Waals surface area contributed by atoms with Crippen molar-refractivity contribution in [2.75, 3.05) is 34.9 Å². The molecule has 436 valence electrons. The minimum atomic E-state index is -1.26. The lowest BCUT2D eigenvalue weighted by molar-refractivity contribution is -0.195. The molecule has 0 unspecified atom stereocenters. The first kappa shape index (κ1) is 63.8. The van der Waals surface area contributed by atoms with Gasteiger partial charge < -0.3 is 59.4 Å². The number of azide groups is 1. The van der Waals surface area contributed by atoms with Gasteiger partial charge in [0, 0.05) is 73.1 Å². The average molecular weight is 1120 g/mol. The molecule has 5 amide bonds. The Labute approximate surface area is 467 Å². The lowest BCUT2D eigenvalue weighted by Crippen LogP contribution is -2.60. The molecule has 23 heteroatoms. The van der Waals surface area contributed by atoms with E-state index in [1.807, 2.05) is 32.0 Å². The number of hydrogen-bond acceptors (Lipinski definition) is 15. The van der Waals surface area contributed by atoms with Crippen molar-refractivity contribution in [2.45, 2.75) is 174 Å². The van der Waals surface area contributed by atoms with Crippen LogP contribution < -0.4 is 15.4 Å². The molecule has 0 saturated carbocycles. The second-order valence-corrected chi connectivity index (χ2v) is 22.7. The maximum absolute atomic E-state index is 14.8. The SMILES string of the molecule is CC[C@H](C)[C@@H]([C@@H](CC(=O)N1CCC[C@H]1[C@H](OC)[C@@H](C)C(=O)N[C@H](C)[C@@H](O)c1ccccc1)OC)N(C)C(=O)[C@@H](NC(=O)[C@H](C(C)C)N(C)C(=O)OCc1ccc(O[C@H]2C[C@@H](O)C[C@@H](C(=O)O)O2)c2cc(CN=[N+]=[N-])sc12)C(C)C. The Morgan fingerprint density at radius 1 is 0.937 bits per heavy atom. The highest BCUT2D eigenvalue weighted by molar-refractivity contribution is 7.19. The maximum atomic E-state index is 14.8. The van der Waals surface area contributed by atoms with Crippen molar-refractivity contribution in [1.82, 2.24) is 25.3 Å². The Bertz CT molecular complexity index is 2600. The van der Waals surface area contributed by atoms with E-state index < -0.39 is 109 Å². The zero-order valence-electron chi connectivity index (χ0n) is 47.6. The van der Waals surface area contributed by atoms with Crippen molar-refractivity contribution >= 4 is 57.1 Å². The van der Waals surface area contributed by atoms with Gasteiger partial charge in [0.1, 0.15) is 24.4 Å². The molecule has 5 rings (SSSR count). The predicted molar refractivity (Wildman–Crippen MR) is 295 cm³/mol. The van der Waals surface area contributed by atoms with Crippen LogP contribution in [-0.4, -0.2) is 161 Å². The van der Waals surface area contributed by atoms with Crippen LogP contribution in [0.3, 0.4) is 0 Å². The molecule has 2 saturated heterocycles. The number of rotatable bonds is 27. The summed E-state index contributed by atoms with van der Waals surface area (Å²) in [5, 5.41) is 40.9. The Kier molecular flexibility index (Phi) is 23.7. The molecule has 0 spiro atoms. The Morgan fingerprint density at radius 2 is 1.63 bits per heavy atom. The molecule has 2 aliphatic rings. The van der Waals surface area contributed by atoms with Gasteiger partial charge in [-0.15, -0.1) is 11.3 Å². The number of likely N-dealkylation sites (N-methyl/N-ethyl adjacent to an activating group) is 2. The number of fused-ring (bicyclic) bond motifs is 1. The zero-order chi connectivity index (χ0) is 58.4. The second kappa shape index (κ2) is 29.4. The summed E-state index contributed by atoms with van der Waals surface area (Å²) < 4.78 is 30.2. The van der Waals surface area contributed by atoms with Crippen LogP contribution in [0.15, 0.2) is 53.6 Å². The molecule has 3 aromatic rings. The van der Waals surface area contributed by atoms with E-state index in [1.165, 1.54) is 37.5 Å². The van der Waals surface area contributed by atoms with Crippen molar-refractivity contribution in [2.24, 2.45) is 28.8 Å². The van der Waals surface area contributed by atoms with E-state index in [0.29, 0.717) is 57.6 Å².